The highest BCUT2D eigenvalue weighted by Gasteiger charge is 2.25. The van der Waals surface area contributed by atoms with Crippen LogP contribution in [-0.2, 0) is 6.54 Å². The van der Waals surface area contributed by atoms with Gasteiger partial charge in [0, 0.05) is 38.1 Å². The molecule has 0 saturated carbocycles. The molecule has 0 bridgehead atoms. The van der Waals surface area contributed by atoms with E-state index in [0.29, 0.717) is 36.4 Å². The summed E-state index contributed by atoms with van der Waals surface area (Å²) in [6, 6.07) is 17.3. The second-order valence-electron chi connectivity index (χ2n) is 7.11. The first kappa shape index (κ1) is 21.9. The molecule has 1 aliphatic rings. The van der Waals surface area contributed by atoms with E-state index in [-0.39, 0.29) is 23.9 Å². The Balaban J connectivity index is 0.00000256. The zero-order valence-corrected chi connectivity index (χ0v) is 17.7. The van der Waals surface area contributed by atoms with Crippen LogP contribution in [0.5, 0.6) is 5.75 Å². The lowest BCUT2D eigenvalue weighted by Gasteiger charge is -2.34. The van der Waals surface area contributed by atoms with Crippen LogP contribution in [0.4, 0.5) is 0 Å². The molecule has 7 heteroatoms. The van der Waals surface area contributed by atoms with Crippen molar-refractivity contribution in [1.29, 1.82) is 0 Å². The number of ether oxygens (including phenoxy) is 1. The SMILES string of the molecule is CCOc1cccc2cc(C(=O)N3CCN(Cc4ccccc4)CC3)c(=O)oc12.Cl. The predicted molar refractivity (Wildman–Crippen MR) is 119 cm³/mol. The minimum Gasteiger partial charge on any atom is -0.490 e. The summed E-state index contributed by atoms with van der Waals surface area (Å²) in [4.78, 5) is 29.5. The Morgan fingerprint density at radius 3 is 2.47 bits per heavy atom. The number of hydrogen-bond acceptors (Lipinski definition) is 5. The van der Waals surface area contributed by atoms with Crippen molar-refractivity contribution in [3.8, 4) is 5.75 Å². The third-order valence-electron chi connectivity index (χ3n) is 5.16. The molecule has 0 N–H and O–H groups in total. The number of amides is 1. The van der Waals surface area contributed by atoms with E-state index in [1.54, 1.807) is 17.0 Å². The standard InChI is InChI=1S/C23H24N2O4.ClH/c1-2-28-20-10-6-9-18-15-19(23(27)29-21(18)20)22(26)25-13-11-24(12-14-25)16-17-7-4-3-5-8-17;/h3-10,15H,2,11-14,16H2,1H3;1H. The van der Waals surface area contributed by atoms with E-state index < -0.39 is 5.63 Å². The number of para-hydroxylation sites is 1. The number of halogens is 1. The van der Waals surface area contributed by atoms with Gasteiger partial charge in [-0.3, -0.25) is 9.69 Å². The number of nitrogens with zero attached hydrogens (tertiary/aromatic N) is 2. The number of piperazine rings is 1. The lowest BCUT2D eigenvalue weighted by atomic mass is 10.1. The van der Waals surface area contributed by atoms with E-state index in [4.69, 9.17) is 9.15 Å². The summed E-state index contributed by atoms with van der Waals surface area (Å²) >= 11 is 0. The van der Waals surface area contributed by atoms with Crippen LogP contribution in [0.3, 0.4) is 0 Å². The van der Waals surface area contributed by atoms with Crippen molar-refractivity contribution in [2.24, 2.45) is 0 Å². The van der Waals surface area contributed by atoms with Gasteiger partial charge in [-0.15, -0.1) is 12.4 Å². The average molecular weight is 429 g/mol. The van der Waals surface area contributed by atoms with E-state index in [2.05, 4.69) is 17.0 Å². The highest BCUT2D eigenvalue weighted by Crippen LogP contribution is 2.25. The minimum atomic E-state index is -0.624. The third kappa shape index (κ3) is 4.66. The quantitative estimate of drug-likeness (QED) is 0.581. The fourth-order valence-corrected chi connectivity index (χ4v) is 3.66. The van der Waals surface area contributed by atoms with Gasteiger partial charge in [-0.25, -0.2) is 4.79 Å². The van der Waals surface area contributed by atoms with Crippen molar-refractivity contribution in [3.63, 3.8) is 0 Å². The van der Waals surface area contributed by atoms with E-state index >= 15 is 0 Å². The summed E-state index contributed by atoms with van der Waals surface area (Å²) in [7, 11) is 0. The van der Waals surface area contributed by atoms with E-state index in [9.17, 15) is 9.59 Å². The summed E-state index contributed by atoms with van der Waals surface area (Å²) in [5.74, 6) is 0.234. The molecule has 6 nitrogen and oxygen atoms in total. The molecular weight excluding hydrogens is 404 g/mol. The van der Waals surface area contributed by atoms with Crippen molar-refractivity contribution in [3.05, 3.63) is 76.1 Å². The number of fused-ring (bicyclic) bond motifs is 1. The van der Waals surface area contributed by atoms with Crippen molar-refractivity contribution in [1.82, 2.24) is 9.80 Å². The monoisotopic (exact) mass is 428 g/mol. The molecule has 4 rings (SSSR count). The van der Waals surface area contributed by atoms with Crippen LogP contribution in [0.1, 0.15) is 22.8 Å². The first-order valence-corrected chi connectivity index (χ1v) is 9.91. The molecule has 0 aliphatic carbocycles. The fraction of sp³-hybridized carbons (Fsp3) is 0.304. The second-order valence-corrected chi connectivity index (χ2v) is 7.11. The second kappa shape index (κ2) is 9.78. The number of carbonyl (C=O) groups is 1. The number of rotatable bonds is 5. The lowest BCUT2D eigenvalue weighted by Crippen LogP contribution is -2.49. The first-order chi connectivity index (χ1) is 14.2. The Morgan fingerprint density at radius 1 is 1.03 bits per heavy atom. The van der Waals surface area contributed by atoms with Crippen LogP contribution < -0.4 is 10.4 Å². The lowest BCUT2D eigenvalue weighted by molar-refractivity contribution is 0.0624. The third-order valence-corrected chi connectivity index (χ3v) is 5.16. The van der Waals surface area contributed by atoms with Crippen LogP contribution in [0.15, 0.2) is 63.8 Å². The summed E-state index contributed by atoms with van der Waals surface area (Å²) in [5.41, 5.74) is 1.08. The summed E-state index contributed by atoms with van der Waals surface area (Å²) in [6.07, 6.45) is 0. The molecular formula is C23H25ClN2O4. The highest BCUT2D eigenvalue weighted by molar-refractivity contribution is 5.97. The van der Waals surface area contributed by atoms with Crippen LogP contribution in [0.25, 0.3) is 11.0 Å². The van der Waals surface area contributed by atoms with Gasteiger partial charge in [-0.05, 0) is 24.6 Å². The molecule has 1 fully saturated rings. The topological polar surface area (TPSA) is 63.0 Å². The van der Waals surface area contributed by atoms with Crippen LogP contribution in [-0.4, -0.2) is 48.5 Å². The Hall–Kier alpha value is -2.83. The Labute approximate surface area is 181 Å². The molecule has 30 heavy (non-hydrogen) atoms. The minimum absolute atomic E-state index is 0. The molecule has 158 valence electrons. The summed E-state index contributed by atoms with van der Waals surface area (Å²) in [5, 5.41) is 0.682. The van der Waals surface area contributed by atoms with E-state index in [1.807, 2.05) is 37.3 Å². The Bertz CT molecular complexity index is 1060. The van der Waals surface area contributed by atoms with Crippen LogP contribution >= 0.6 is 12.4 Å². The van der Waals surface area contributed by atoms with Crippen LogP contribution in [0, 0.1) is 0 Å². The Kier molecular flexibility index (Phi) is 7.13. The maximum absolute atomic E-state index is 13.0. The molecule has 0 unspecified atom stereocenters. The first-order valence-electron chi connectivity index (χ1n) is 9.91. The molecule has 1 aromatic heterocycles. The van der Waals surface area contributed by atoms with Gasteiger partial charge in [-0.1, -0.05) is 42.5 Å². The molecule has 2 heterocycles. The smallest absolute Gasteiger partial charge is 0.349 e. The largest absolute Gasteiger partial charge is 0.490 e. The van der Waals surface area contributed by atoms with E-state index in [0.717, 1.165) is 19.6 Å². The predicted octanol–water partition coefficient (Wildman–Crippen LogP) is 3.57. The average Bonchev–Trinajstić information content (AvgIpc) is 2.75. The molecule has 3 aromatic rings. The van der Waals surface area contributed by atoms with Crippen molar-refractivity contribution in [2.75, 3.05) is 32.8 Å². The summed E-state index contributed by atoms with van der Waals surface area (Å²) in [6.45, 7) is 5.91. The zero-order chi connectivity index (χ0) is 20.2. The van der Waals surface area contributed by atoms with Gasteiger partial charge < -0.3 is 14.1 Å². The molecule has 1 amide bonds. The van der Waals surface area contributed by atoms with Gasteiger partial charge in [0.15, 0.2) is 11.3 Å². The van der Waals surface area contributed by atoms with Gasteiger partial charge in [-0.2, -0.15) is 0 Å². The van der Waals surface area contributed by atoms with Crippen molar-refractivity contribution in [2.45, 2.75) is 13.5 Å². The molecule has 1 saturated heterocycles. The maximum Gasteiger partial charge on any atom is 0.349 e. The Morgan fingerprint density at radius 2 is 1.77 bits per heavy atom. The van der Waals surface area contributed by atoms with Gasteiger partial charge in [0.25, 0.3) is 5.91 Å². The summed E-state index contributed by atoms with van der Waals surface area (Å²) < 4.78 is 11.0. The maximum atomic E-state index is 13.0. The number of hydrogen-bond donors (Lipinski definition) is 0. The highest BCUT2D eigenvalue weighted by atomic mass is 35.5. The van der Waals surface area contributed by atoms with Gasteiger partial charge in [0.1, 0.15) is 5.56 Å². The van der Waals surface area contributed by atoms with Crippen molar-refractivity contribution >= 4 is 29.3 Å². The molecule has 1 aliphatic heterocycles. The molecule has 0 spiro atoms. The number of benzene rings is 2. The van der Waals surface area contributed by atoms with Gasteiger partial charge in [0.05, 0.1) is 6.61 Å². The van der Waals surface area contributed by atoms with E-state index in [1.165, 1.54) is 5.56 Å². The van der Waals surface area contributed by atoms with Crippen LogP contribution in [0.2, 0.25) is 0 Å². The zero-order valence-electron chi connectivity index (χ0n) is 16.9. The molecule has 0 atom stereocenters. The van der Waals surface area contributed by atoms with Gasteiger partial charge >= 0.3 is 5.63 Å². The number of carbonyl (C=O) groups excluding carboxylic acids is 1. The molecule has 2 aromatic carbocycles. The van der Waals surface area contributed by atoms with Crippen molar-refractivity contribution < 1.29 is 13.9 Å². The normalized spacial score (nSPS) is 14.4. The molecule has 0 radical (unpaired) electrons. The van der Waals surface area contributed by atoms with Gasteiger partial charge in [0.2, 0.25) is 0 Å². The fourth-order valence-electron chi connectivity index (χ4n) is 3.66.